The number of aryl methyl sites for hydroxylation is 1. The average molecular weight is 364 g/mol. The molecule has 1 atom stereocenters. The largest absolute Gasteiger partial charge is 0.495 e. The van der Waals surface area contributed by atoms with E-state index in [2.05, 4.69) is 20.5 Å². The third kappa shape index (κ3) is 4.12. The minimum atomic E-state index is -0.0812. The number of aromatic nitrogens is 2. The van der Waals surface area contributed by atoms with Gasteiger partial charge in [-0.05, 0) is 18.2 Å². The summed E-state index contributed by atoms with van der Waals surface area (Å²) in [4.78, 5) is 19.0. The normalized spacial score (nSPS) is 18.1. The van der Waals surface area contributed by atoms with Gasteiger partial charge in [-0.2, -0.15) is 0 Å². The number of nitrogens with one attached hydrogen (secondary N) is 2. The fourth-order valence-electron chi connectivity index (χ4n) is 3.02. The van der Waals surface area contributed by atoms with Gasteiger partial charge in [0.15, 0.2) is 0 Å². The number of hydrogen-bond donors (Lipinski definition) is 2. The minimum absolute atomic E-state index is 0.0685. The molecule has 1 fully saturated rings. The van der Waals surface area contributed by atoms with E-state index >= 15 is 0 Å². The smallest absolute Gasteiger partial charge is 0.238 e. The highest BCUT2D eigenvalue weighted by Crippen LogP contribution is 2.27. The van der Waals surface area contributed by atoms with E-state index in [-0.39, 0.29) is 11.9 Å². The molecule has 1 aliphatic heterocycles. The van der Waals surface area contributed by atoms with Crippen LogP contribution in [-0.4, -0.2) is 53.6 Å². The highest BCUT2D eigenvalue weighted by atomic mass is 35.5. The third-order valence-electron chi connectivity index (χ3n) is 4.29. The van der Waals surface area contributed by atoms with E-state index in [9.17, 15) is 4.79 Å². The van der Waals surface area contributed by atoms with Crippen molar-refractivity contribution in [2.75, 3.05) is 38.6 Å². The molecule has 8 heteroatoms. The number of hydrogen-bond acceptors (Lipinski definition) is 5. The number of methoxy groups -OCH3 is 1. The van der Waals surface area contributed by atoms with Crippen molar-refractivity contribution in [2.45, 2.75) is 6.04 Å². The maximum absolute atomic E-state index is 12.5. The zero-order valence-electron chi connectivity index (χ0n) is 14.3. The van der Waals surface area contributed by atoms with Crippen molar-refractivity contribution in [1.29, 1.82) is 0 Å². The number of ether oxygens (including phenoxy) is 1. The van der Waals surface area contributed by atoms with E-state index in [1.807, 2.05) is 17.8 Å². The third-order valence-corrected chi connectivity index (χ3v) is 4.59. The number of benzene rings is 1. The fourth-order valence-corrected chi connectivity index (χ4v) is 3.28. The summed E-state index contributed by atoms with van der Waals surface area (Å²) in [5.41, 5.74) is 0.652. The van der Waals surface area contributed by atoms with Gasteiger partial charge in [-0.1, -0.05) is 11.6 Å². The minimum Gasteiger partial charge on any atom is -0.495 e. The quantitative estimate of drug-likeness (QED) is 0.845. The molecule has 1 unspecified atom stereocenters. The number of amides is 1. The molecule has 0 saturated carbocycles. The Hall–Kier alpha value is -2.09. The van der Waals surface area contributed by atoms with Crippen molar-refractivity contribution in [2.24, 2.45) is 7.05 Å². The lowest BCUT2D eigenvalue weighted by molar-refractivity contribution is -0.118. The summed E-state index contributed by atoms with van der Waals surface area (Å²) in [7, 11) is 3.52. The number of rotatable bonds is 5. The van der Waals surface area contributed by atoms with Gasteiger partial charge in [0.2, 0.25) is 5.91 Å². The van der Waals surface area contributed by atoms with Gasteiger partial charge in [-0.15, -0.1) is 0 Å². The van der Waals surface area contributed by atoms with Gasteiger partial charge in [-0.25, -0.2) is 4.98 Å². The number of halogens is 1. The Morgan fingerprint density at radius 2 is 2.36 bits per heavy atom. The lowest BCUT2D eigenvalue weighted by Gasteiger charge is -2.35. The first-order valence-electron chi connectivity index (χ1n) is 8.14. The fraction of sp³-hybridized carbons (Fsp3) is 0.412. The second-order valence-electron chi connectivity index (χ2n) is 5.98. The zero-order valence-corrected chi connectivity index (χ0v) is 15.1. The number of piperazine rings is 1. The molecule has 0 aliphatic carbocycles. The van der Waals surface area contributed by atoms with Gasteiger partial charge in [-0.3, -0.25) is 9.69 Å². The molecule has 0 spiro atoms. The molecule has 3 rings (SSSR count). The lowest BCUT2D eigenvalue weighted by atomic mass is 10.1. The van der Waals surface area contributed by atoms with Crippen LogP contribution in [0.1, 0.15) is 11.9 Å². The first kappa shape index (κ1) is 17.7. The van der Waals surface area contributed by atoms with Crippen LogP contribution in [-0.2, 0) is 11.8 Å². The standard InChI is InChI=1S/C17H22ClN5O2/c1-22-7-6-20-17(22)14-10-19-5-8-23(14)11-16(24)21-12-3-4-15(25-2)13(18)9-12/h3-4,6-7,9,14,19H,5,8,10-11H2,1-2H3,(H,21,24). The van der Waals surface area contributed by atoms with Crippen LogP contribution in [0.25, 0.3) is 0 Å². The highest BCUT2D eigenvalue weighted by molar-refractivity contribution is 6.32. The van der Waals surface area contributed by atoms with Crippen LogP contribution in [0, 0.1) is 0 Å². The maximum Gasteiger partial charge on any atom is 0.238 e. The van der Waals surface area contributed by atoms with Crippen LogP contribution < -0.4 is 15.4 Å². The summed E-state index contributed by atoms with van der Waals surface area (Å²) in [5, 5.41) is 6.73. The van der Waals surface area contributed by atoms with E-state index in [0.29, 0.717) is 23.0 Å². The average Bonchev–Trinajstić information content (AvgIpc) is 3.01. The first-order chi connectivity index (χ1) is 12.1. The number of nitrogens with zero attached hydrogens (tertiary/aromatic N) is 3. The Labute approximate surface area is 151 Å². The summed E-state index contributed by atoms with van der Waals surface area (Å²) in [6.07, 6.45) is 3.70. The molecule has 2 heterocycles. The van der Waals surface area contributed by atoms with E-state index in [4.69, 9.17) is 16.3 Å². The molecule has 1 aromatic carbocycles. The maximum atomic E-state index is 12.5. The number of imidazole rings is 1. The molecular weight excluding hydrogens is 342 g/mol. The predicted molar refractivity (Wildman–Crippen MR) is 97.0 cm³/mol. The molecule has 1 aliphatic rings. The summed E-state index contributed by atoms with van der Waals surface area (Å²) in [5.74, 6) is 1.45. The SMILES string of the molecule is COc1ccc(NC(=O)CN2CCNCC2c2nccn2C)cc1Cl. The van der Waals surface area contributed by atoms with Gasteiger partial charge in [0.25, 0.3) is 0 Å². The Kier molecular flexibility index (Phi) is 5.57. The van der Waals surface area contributed by atoms with Crippen LogP contribution in [0.2, 0.25) is 5.02 Å². The Balaban J connectivity index is 1.66. The zero-order chi connectivity index (χ0) is 17.8. The molecular formula is C17H22ClN5O2. The number of anilines is 1. The van der Waals surface area contributed by atoms with E-state index in [0.717, 1.165) is 25.5 Å². The van der Waals surface area contributed by atoms with Gasteiger partial charge in [0, 0.05) is 44.8 Å². The molecule has 1 saturated heterocycles. The van der Waals surface area contributed by atoms with Gasteiger partial charge in [0.05, 0.1) is 24.7 Å². The highest BCUT2D eigenvalue weighted by Gasteiger charge is 2.28. The van der Waals surface area contributed by atoms with Crippen LogP contribution >= 0.6 is 11.6 Å². The van der Waals surface area contributed by atoms with Gasteiger partial charge >= 0.3 is 0 Å². The van der Waals surface area contributed by atoms with Crippen molar-refractivity contribution in [3.8, 4) is 5.75 Å². The van der Waals surface area contributed by atoms with Crippen LogP contribution in [0.5, 0.6) is 5.75 Å². The first-order valence-corrected chi connectivity index (χ1v) is 8.51. The monoisotopic (exact) mass is 363 g/mol. The summed E-state index contributed by atoms with van der Waals surface area (Å²) in [6.45, 7) is 2.70. The topological polar surface area (TPSA) is 71.4 Å². The second-order valence-corrected chi connectivity index (χ2v) is 6.39. The lowest BCUT2D eigenvalue weighted by Crippen LogP contribution is -2.49. The molecule has 1 aromatic heterocycles. The summed E-state index contributed by atoms with van der Waals surface area (Å²) in [6, 6.07) is 5.27. The second kappa shape index (κ2) is 7.86. The van der Waals surface area contributed by atoms with Crippen molar-refractivity contribution in [3.63, 3.8) is 0 Å². The molecule has 2 aromatic rings. The van der Waals surface area contributed by atoms with Crippen molar-refractivity contribution in [3.05, 3.63) is 41.4 Å². The molecule has 2 N–H and O–H groups in total. The van der Waals surface area contributed by atoms with Crippen LogP contribution in [0.4, 0.5) is 5.69 Å². The van der Waals surface area contributed by atoms with Gasteiger partial charge in [0.1, 0.15) is 11.6 Å². The van der Waals surface area contributed by atoms with E-state index < -0.39 is 0 Å². The molecule has 0 bridgehead atoms. The molecule has 0 radical (unpaired) electrons. The molecule has 25 heavy (non-hydrogen) atoms. The summed E-state index contributed by atoms with van der Waals surface area (Å²) >= 11 is 6.11. The van der Waals surface area contributed by atoms with E-state index in [1.54, 1.807) is 31.5 Å². The Morgan fingerprint density at radius 3 is 3.04 bits per heavy atom. The van der Waals surface area contributed by atoms with Crippen LogP contribution in [0.15, 0.2) is 30.6 Å². The van der Waals surface area contributed by atoms with Crippen molar-refractivity contribution >= 4 is 23.2 Å². The Morgan fingerprint density at radius 1 is 1.52 bits per heavy atom. The van der Waals surface area contributed by atoms with Crippen LogP contribution in [0.3, 0.4) is 0 Å². The summed E-state index contributed by atoms with van der Waals surface area (Å²) < 4.78 is 7.12. The number of carbonyl (C=O) groups is 1. The van der Waals surface area contributed by atoms with Gasteiger partial charge < -0.3 is 19.9 Å². The van der Waals surface area contributed by atoms with Crippen molar-refractivity contribution in [1.82, 2.24) is 19.8 Å². The van der Waals surface area contributed by atoms with E-state index in [1.165, 1.54) is 0 Å². The predicted octanol–water partition coefficient (Wildman–Crippen LogP) is 1.67. The molecule has 134 valence electrons. The molecule has 7 nitrogen and oxygen atoms in total. The number of carbonyl (C=O) groups excluding carboxylic acids is 1. The Bertz CT molecular complexity index is 748. The molecule has 1 amide bonds. The van der Waals surface area contributed by atoms with Crippen molar-refractivity contribution < 1.29 is 9.53 Å².